The van der Waals surface area contributed by atoms with E-state index in [9.17, 15) is 4.79 Å². The van der Waals surface area contributed by atoms with Gasteiger partial charge in [-0.2, -0.15) is 0 Å². The Kier molecular flexibility index (Phi) is 3.73. The highest BCUT2D eigenvalue weighted by Crippen LogP contribution is 2.31. The van der Waals surface area contributed by atoms with E-state index < -0.39 is 0 Å². The zero-order chi connectivity index (χ0) is 13.2. The first-order valence-corrected chi connectivity index (χ1v) is 7.63. The molecule has 1 saturated heterocycles. The van der Waals surface area contributed by atoms with Crippen LogP contribution >= 0.6 is 22.9 Å². The summed E-state index contributed by atoms with van der Waals surface area (Å²) in [5, 5.41) is 8.04. The van der Waals surface area contributed by atoms with Gasteiger partial charge in [0.1, 0.15) is 0 Å². The van der Waals surface area contributed by atoms with Crippen molar-refractivity contribution in [1.29, 1.82) is 0 Å². The zero-order valence-corrected chi connectivity index (χ0v) is 12.0. The molecule has 5 heteroatoms. The first kappa shape index (κ1) is 12.9. The van der Waals surface area contributed by atoms with Crippen LogP contribution in [0.15, 0.2) is 24.3 Å². The van der Waals surface area contributed by atoms with Crippen molar-refractivity contribution in [1.82, 2.24) is 10.6 Å². The van der Waals surface area contributed by atoms with Crippen LogP contribution in [0.3, 0.4) is 0 Å². The van der Waals surface area contributed by atoms with E-state index >= 15 is 0 Å². The number of piperidine rings is 1. The Bertz CT molecular complexity index is 605. The van der Waals surface area contributed by atoms with Crippen LogP contribution in [0.25, 0.3) is 10.1 Å². The molecule has 2 aromatic rings. The van der Waals surface area contributed by atoms with Gasteiger partial charge in [0.05, 0.1) is 4.88 Å². The average Bonchev–Trinajstić information content (AvgIpc) is 2.85. The number of amides is 1. The fraction of sp³-hybridized carbons (Fsp3) is 0.357. The minimum absolute atomic E-state index is 0.00552. The van der Waals surface area contributed by atoms with Gasteiger partial charge >= 0.3 is 0 Å². The molecule has 0 radical (unpaired) electrons. The third-order valence-corrected chi connectivity index (χ3v) is 4.79. The van der Waals surface area contributed by atoms with Gasteiger partial charge in [-0.3, -0.25) is 4.79 Å². The third-order valence-electron chi connectivity index (χ3n) is 3.36. The number of halogens is 1. The summed E-state index contributed by atoms with van der Waals surface area (Å²) in [7, 11) is 0. The molecule has 2 heterocycles. The quantitative estimate of drug-likeness (QED) is 0.894. The van der Waals surface area contributed by atoms with Crippen molar-refractivity contribution < 1.29 is 4.79 Å². The van der Waals surface area contributed by atoms with E-state index in [1.54, 1.807) is 0 Å². The maximum Gasteiger partial charge on any atom is 0.261 e. The predicted molar refractivity (Wildman–Crippen MR) is 80.2 cm³/mol. The summed E-state index contributed by atoms with van der Waals surface area (Å²) in [4.78, 5) is 13.0. The zero-order valence-electron chi connectivity index (χ0n) is 10.4. The first-order chi connectivity index (χ1) is 9.24. The van der Waals surface area contributed by atoms with Gasteiger partial charge in [0.25, 0.3) is 5.91 Å². The van der Waals surface area contributed by atoms with E-state index in [-0.39, 0.29) is 11.9 Å². The van der Waals surface area contributed by atoms with Crippen LogP contribution in [0.4, 0.5) is 0 Å². The van der Waals surface area contributed by atoms with Crippen LogP contribution in [0.1, 0.15) is 22.5 Å². The predicted octanol–water partition coefficient (Wildman–Crippen LogP) is 3.04. The van der Waals surface area contributed by atoms with Gasteiger partial charge in [-0.05, 0) is 37.6 Å². The molecule has 1 aliphatic heterocycles. The molecule has 0 bridgehead atoms. The molecule has 0 aliphatic carbocycles. The molecule has 1 aromatic carbocycles. The van der Waals surface area contributed by atoms with Crippen molar-refractivity contribution in [3.63, 3.8) is 0 Å². The first-order valence-electron chi connectivity index (χ1n) is 6.44. The highest BCUT2D eigenvalue weighted by molar-refractivity contribution is 7.20. The molecule has 3 rings (SSSR count). The molecule has 19 heavy (non-hydrogen) atoms. The van der Waals surface area contributed by atoms with E-state index in [0.717, 1.165) is 40.9 Å². The molecule has 1 aliphatic rings. The maximum atomic E-state index is 12.2. The van der Waals surface area contributed by atoms with Crippen LogP contribution in [0, 0.1) is 0 Å². The molecule has 1 aromatic heterocycles. The Hall–Kier alpha value is -1.10. The minimum atomic E-state index is 0.00552. The van der Waals surface area contributed by atoms with Gasteiger partial charge in [-0.15, -0.1) is 11.3 Å². The topological polar surface area (TPSA) is 41.1 Å². The van der Waals surface area contributed by atoms with Crippen LogP contribution in [-0.2, 0) is 0 Å². The largest absolute Gasteiger partial charge is 0.347 e. The summed E-state index contributed by atoms with van der Waals surface area (Å²) in [6, 6.07) is 7.87. The second-order valence-corrected chi connectivity index (χ2v) is 6.27. The van der Waals surface area contributed by atoms with E-state index in [1.165, 1.54) is 11.3 Å². The fourth-order valence-electron chi connectivity index (χ4n) is 2.37. The SMILES string of the molecule is O=C(NC1CCCNC1)c1cc2c(Cl)cccc2s1. The molecular formula is C14H15ClN2OS. The second kappa shape index (κ2) is 5.49. The molecule has 1 fully saturated rings. The summed E-state index contributed by atoms with van der Waals surface area (Å²) in [5.41, 5.74) is 0. The Morgan fingerprint density at radius 3 is 3.11 bits per heavy atom. The number of carbonyl (C=O) groups excluding carboxylic acids is 1. The summed E-state index contributed by atoms with van der Waals surface area (Å²) in [6.45, 7) is 1.91. The van der Waals surface area contributed by atoms with Crippen molar-refractivity contribution in [2.24, 2.45) is 0 Å². The van der Waals surface area contributed by atoms with Gasteiger partial charge < -0.3 is 10.6 Å². The standard InChI is InChI=1S/C14H15ClN2OS/c15-11-4-1-5-12-10(11)7-13(19-12)14(18)17-9-3-2-6-16-8-9/h1,4-5,7,9,16H,2-3,6,8H2,(H,17,18). The average molecular weight is 295 g/mol. The van der Waals surface area contributed by atoms with Gasteiger partial charge in [0.2, 0.25) is 0 Å². The Morgan fingerprint density at radius 1 is 1.47 bits per heavy atom. The lowest BCUT2D eigenvalue weighted by molar-refractivity contribution is 0.0935. The summed E-state index contributed by atoms with van der Waals surface area (Å²) in [6.07, 6.45) is 2.16. The number of nitrogens with one attached hydrogen (secondary N) is 2. The summed E-state index contributed by atoms with van der Waals surface area (Å²) < 4.78 is 1.06. The maximum absolute atomic E-state index is 12.2. The Balaban J connectivity index is 1.79. The number of carbonyl (C=O) groups is 1. The van der Waals surface area contributed by atoms with E-state index in [4.69, 9.17) is 11.6 Å². The summed E-state index contributed by atoms with van der Waals surface area (Å²) >= 11 is 7.62. The number of hydrogen-bond acceptors (Lipinski definition) is 3. The molecule has 2 N–H and O–H groups in total. The minimum Gasteiger partial charge on any atom is -0.347 e. The normalized spacial score (nSPS) is 19.5. The van der Waals surface area contributed by atoms with Crippen molar-refractivity contribution in [2.45, 2.75) is 18.9 Å². The number of fused-ring (bicyclic) bond motifs is 1. The lowest BCUT2D eigenvalue weighted by Crippen LogP contribution is -2.45. The number of hydrogen-bond donors (Lipinski definition) is 2. The molecule has 1 unspecified atom stereocenters. The molecular weight excluding hydrogens is 280 g/mol. The van der Waals surface area contributed by atoms with Gasteiger partial charge in [0, 0.05) is 27.7 Å². The number of benzene rings is 1. The highest BCUT2D eigenvalue weighted by Gasteiger charge is 2.18. The van der Waals surface area contributed by atoms with E-state index in [1.807, 2.05) is 24.3 Å². The van der Waals surface area contributed by atoms with Crippen LogP contribution in [-0.4, -0.2) is 25.0 Å². The number of rotatable bonds is 2. The van der Waals surface area contributed by atoms with Crippen LogP contribution in [0.2, 0.25) is 5.02 Å². The van der Waals surface area contributed by atoms with Crippen LogP contribution in [0.5, 0.6) is 0 Å². The smallest absolute Gasteiger partial charge is 0.261 e. The Morgan fingerprint density at radius 2 is 2.37 bits per heavy atom. The lowest BCUT2D eigenvalue weighted by atomic mass is 10.1. The van der Waals surface area contributed by atoms with Gasteiger partial charge in [-0.1, -0.05) is 17.7 Å². The molecule has 3 nitrogen and oxygen atoms in total. The van der Waals surface area contributed by atoms with Gasteiger partial charge in [-0.25, -0.2) is 0 Å². The van der Waals surface area contributed by atoms with E-state index in [0.29, 0.717) is 5.02 Å². The summed E-state index contributed by atoms with van der Waals surface area (Å²) in [5.74, 6) is 0.00552. The van der Waals surface area contributed by atoms with Crippen molar-refractivity contribution in [2.75, 3.05) is 13.1 Å². The van der Waals surface area contributed by atoms with E-state index in [2.05, 4.69) is 10.6 Å². The van der Waals surface area contributed by atoms with Crippen LogP contribution < -0.4 is 10.6 Å². The van der Waals surface area contributed by atoms with Crippen molar-refractivity contribution >= 4 is 38.9 Å². The highest BCUT2D eigenvalue weighted by atomic mass is 35.5. The van der Waals surface area contributed by atoms with Crippen molar-refractivity contribution in [3.8, 4) is 0 Å². The molecule has 0 spiro atoms. The third kappa shape index (κ3) is 2.76. The monoisotopic (exact) mass is 294 g/mol. The Labute approximate surface area is 121 Å². The fourth-order valence-corrected chi connectivity index (χ4v) is 3.64. The number of thiophene rings is 1. The molecule has 1 amide bonds. The molecule has 100 valence electrons. The molecule has 1 atom stereocenters. The lowest BCUT2D eigenvalue weighted by Gasteiger charge is -2.23. The second-order valence-electron chi connectivity index (χ2n) is 4.78. The molecule has 0 saturated carbocycles. The van der Waals surface area contributed by atoms with Gasteiger partial charge in [0.15, 0.2) is 0 Å². The van der Waals surface area contributed by atoms with Crippen molar-refractivity contribution in [3.05, 3.63) is 34.2 Å².